The summed E-state index contributed by atoms with van der Waals surface area (Å²) in [6.07, 6.45) is 1.87. The summed E-state index contributed by atoms with van der Waals surface area (Å²) in [5, 5.41) is 9.07. The first kappa shape index (κ1) is 21.5. The largest absolute Gasteiger partial charge is 0.455 e. The molecule has 0 aliphatic rings. The fourth-order valence-electron chi connectivity index (χ4n) is 6.12. The number of rotatable bonds is 2. The minimum absolute atomic E-state index is 0.826. The molecule has 0 radical (unpaired) electrons. The highest BCUT2D eigenvalue weighted by atomic mass is 16.3. The quantitative estimate of drug-likeness (QED) is 0.232. The van der Waals surface area contributed by atoms with Crippen molar-refractivity contribution in [1.82, 2.24) is 4.98 Å². The number of hydrogen-bond donors (Lipinski definition) is 0. The summed E-state index contributed by atoms with van der Waals surface area (Å²) in [7, 11) is 0. The molecule has 0 bridgehead atoms. The highest BCUT2D eigenvalue weighted by molar-refractivity contribution is 6.24. The normalized spacial score (nSPS) is 12.0. The summed E-state index contributed by atoms with van der Waals surface area (Å²) < 4.78 is 13.4. The molecule has 0 unspecified atom stereocenters. The Labute approximate surface area is 228 Å². The van der Waals surface area contributed by atoms with Gasteiger partial charge in [-0.3, -0.25) is 4.98 Å². The van der Waals surface area contributed by atoms with E-state index in [1.54, 1.807) is 0 Å². The van der Waals surface area contributed by atoms with E-state index in [1.807, 2.05) is 30.5 Å². The van der Waals surface area contributed by atoms with E-state index in [9.17, 15) is 0 Å². The van der Waals surface area contributed by atoms with Crippen LogP contribution in [0.25, 0.3) is 87.8 Å². The molecule has 0 amide bonds. The Morgan fingerprint density at radius 1 is 0.425 bits per heavy atom. The third-order valence-corrected chi connectivity index (χ3v) is 8.05. The maximum absolute atomic E-state index is 6.69. The van der Waals surface area contributed by atoms with Crippen LogP contribution in [0, 0.1) is 0 Å². The van der Waals surface area contributed by atoms with Crippen LogP contribution in [0.3, 0.4) is 0 Å². The van der Waals surface area contributed by atoms with Gasteiger partial charge in [-0.05, 0) is 69.6 Å². The van der Waals surface area contributed by atoms with Crippen molar-refractivity contribution in [3.8, 4) is 22.4 Å². The van der Waals surface area contributed by atoms with Gasteiger partial charge in [-0.15, -0.1) is 0 Å². The first-order chi connectivity index (χ1) is 19.8. The molecule has 6 aromatic carbocycles. The van der Waals surface area contributed by atoms with Crippen LogP contribution in [0.5, 0.6) is 0 Å². The van der Waals surface area contributed by atoms with E-state index in [0.717, 1.165) is 77.0 Å². The van der Waals surface area contributed by atoms with Gasteiger partial charge in [0, 0.05) is 33.3 Å². The Hall–Kier alpha value is -5.41. The number of fused-ring (bicyclic) bond motifs is 8. The molecule has 186 valence electrons. The van der Waals surface area contributed by atoms with E-state index in [1.165, 1.54) is 10.8 Å². The number of pyridine rings is 1. The topological polar surface area (TPSA) is 39.2 Å². The Morgan fingerprint density at radius 3 is 1.52 bits per heavy atom. The standard InChI is InChI=1S/C37H21NO2/c1-2-8-22(9-3-1)32-18-27(14-15-38-32)35-36-30(28-16-23-10-4-6-12-25(23)19-33(28)39-36)21-31-29-17-24-11-5-7-13-26(24)20-34(29)40-37(31)35/h1-21H. The lowest BCUT2D eigenvalue weighted by Crippen LogP contribution is -1.86. The van der Waals surface area contributed by atoms with Crippen molar-refractivity contribution in [3.05, 3.63) is 128 Å². The van der Waals surface area contributed by atoms with E-state index in [4.69, 9.17) is 13.8 Å². The second-order valence-electron chi connectivity index (χ2n) is 10.4. The van der Waals surface area contributed by atoms with Gasteiger partial charge in [-0.1, -0.05) is 78.9 Å². The Balaban J connectivity index is 1.44. The molecule has 3 nitrogen and oxygen atoms in total. The molecular formula is C37H21NO2. The molecule has 0 fully saturated rings. The molecule has 0 aliphatic heterocycles. The summed E-state index contributed by atoms with van der Waals surface area (Å²) in [5.41, 5.74) is 7.33. The molecule has 3 aromatic heterocycles. The molecule has 3 heterocycles. The van der Waals surface area contributed by atoms with Crippen LogP contribution in [-0.2, 0) is 0 Å². The fourth-order valence-corrected chi connectivity index (χ4v) is 6.12. The predicted molar refractivity (Wildman–Crippen MR) is 165 cm³/mol. The van der Waals surface area contributed by atoms with E-state index in [0.29, 0.717) is 0 Å². The van der Waals surface area contributed by atoms with Gasteiger partial charge < -0.3 is 8.83 Å². The van der Waals surface area contributed by atoms with Crippen LogP contribution < -0.4 is 0 Å². The van der Waals surface area contributed by atoms with Crippen molar-refractivity contribution in [2.75, 3.05) is 0 Å². The van der Waals surface area contributed by atoms with Gasteiger partial charge in [-0.25, -0.2) is 0 Å². The average molecular weight is 512 g/mol. The average Bonchev–Trinajstić information content (AvgIpc) is 3.54. The zero-order valence-corrected chi connectivity index (χ0v) is 21.4. The third-order valence-electron chi connectivity index (χ3n) is 8.05. The monoisotopic (exact) mass is 511 g/mol. The number of benzene rings is 6. The van der Waals surface area contributed by atoms with Crippen LogP contribution in [0.1, 0.15) is 0 Å². The number of aromatic nitrogens is 1. The molecule has 40 heavy (non-hydrogen) atoms. The van der Waals surface area contributed by atoms with Crippen LogP contribution in [0.2, 0.25) is 0 Å². The summed E-state index contributed by atoms with van der Waals surface area (Å²) in [5.74, 6) is 0. The lowest BCUT2D eigenvalue weighted by molar-refractivity contribution is 0.658. The van der Waals surface area contributed by atoms with Crippen LogP contribution in [-0.4, -0.2) is 4.98 Å². The summed E-state index contributed by atoms with van der Waals surface area (Å²) in [4.78, 5) is 4.69. The lowest BCUT2D eigenvalue weighted by Gasteiger charge is -2.07. The van der Waals surface area contributed by atoms with Crippen molar-refractivity contribution in [1.29, 1.82) is 0 Å². The van der Waals surface area contributed by atoms with Crippen molar-refractivity contribution in [2.24, 2.45) is 0 Å². The predicted octanol–water partition coefficient (Wildman–Crippen LogP) is 10.5. The SMILES string of the molecule is c1ccc(-c2cc(-c3c4oc5cc6ccccc6cc5c4cc4c3oc3cc5ccccc5cc34)ccn2)cc1. The van der Waals surface area contributed by atoms with Crippen molar-refractivity contribution in [3.63, 3.8) is 0 Å². The lowest BCUT2D eigenvalue weighted by atomic mass is 9.97. The van der Waals surface area contributed by atoms with Crippen LogP contribution in [0.4, 0.5) is 0 Å². The van der Waals surface area contributed by atoms with Crippen molar-refractivity contribution >= 4 is 65.4 Å². The Kier molecular flexibility index (Phi) is 4.33. The molecule has 9 rings (SSSR count). The van der Waals surface area contributed by atoms with Gasteiger partial charge >= 0.3 is 0 Å². The van der Waals surface area contributed by atoms with Gasteiger partial charge in [-0.2, -0.15) is 0 Å². The second kappa shape index (κ2) is 8.05. The summed E-state index contributed by atoms with van der Waals surface area (Å²) >= 11 is 0. The van der Waals surface area contributed by atoms with Gasteiger partial charge in [0.05, 0.1) is 11.3 Å². The molecular weight excluding hydrogens is 490 g/mol. The van der Waals surface area contributed by atoms with Gasteiger partial charge in [0.15, 0.2) is 0 Å². The molecule has 3 heteroatoms. The van der Waals surface area contributed by atoms with Crippen LogP contribution >= 0.6 is 0 Å². The fraction of sp³-hybridized carbons (Fsp3) is 0. The molecule has 0 aliphatic carbocycles. The van der Waals surface area contributed by atoms with E-state index < -0.39 is 0 Å². The minimum atomic E-state index is 0.826. The van der Waals surface area contributed by atoms with Crippen molar-refractivity contribution < 1.29 is 8.83 Å². The van der Waals surface area contributed by atoms with E-state index in [2.05, 4.69) is 97.1 Å². The number of hydrogen-bond acceptors (Lipinski definition) is 3. The van der Waals surface area contributed by atoms with Crippen molar-refractivity contribution in [2.45, 2.75) is 0 Å². The van der Waals surface area contributed by atoms with Gasteiger partial charge in [0.1, 0.15) is 22.3 Å². The van der Waals surface area contributed by atoms with Gasteiger partial charge in [0.2, 0.25) is 0 Å². The maximum Gasteiger partial charge on any atom is 0.147 e. The highest BCUT2D eigenvalue weighted by Gasteiger charge is 2.22. The Bertz CT molecular complexity index is 2300. The molecule has 9 aromatic rings. The minimum Gasteiger partial charge on any atom is -0.455 e. The second-order valence-corrected chi connectivity index (χ2v) is 10.4. The zero-order chi connectivity index (χ0) is 26.2. The third kappa shape index (κ3) is 3.09. The van der Waals surface area contributed by atoms with Gasteiger partial charge in [0.25, 0.3) is 0 Å². The first-order valence-corrected chi connectivity index (χ1v) is 13.4. The number of furan rings is 2. The molecule has 0 saturated heterocycles. The number of nitrogens with zero attached hydrogens (tertiary/aromatic N) is 1. The molecule has 0 atom stereocenters. The maximum atomic E-state index is 6.69. The van der Waals surface area contributed by atoms with Crippen LogP contribution in [0.15, 0.2) is 136 Å². The highest BCUT2D eigenvalue weighted by Crippen LogP contribution is 2.46. The van der Waals surface area contributed by atoms with E-state index in [-0.39, 0.29) is 0 Å². The molecule has 0 N–H and O–H groups in total. The summed E-state index contributed by atoms with van der Waals surface area (Å²) in [6.45, 7) is 0. The first-order valence-electron chi connectivity index (χ1n) is 13.4. The molecule has 0 saturated carbocycles. The smallest absolute Gasteiger partial charge is 0.147 e. The zero-order valence-electron chi connectivity index (χ0n) is 21.4. The Morgan fingerprint density at radius 2 is 0.950 bits per heavy atom. The van der Waals surface area contributed by atoms with E-state index >= 15 is 0 Å². The molecule has 0 spiro atoms. The summed E-state index contributed by atoms with van der Waals surface area (Å²) in [6, 6.07) is 42.3.